The highest BCUT2D eigenvalue weighted by molar-refractivity contribution is 6.76. The van der Waals surface area contributed by atoms with Crippen LogP contribution in [-0.4, -0.2) is 28.4 Å². The van der Waals surface area contributed by atoms with E-state index in [4.69, 9.17) is 4.43 Å². The van der Waals surface area contributed by atoms with Gasteiger partial charge in [-0.1, -0.05) is 19.6 Å². The lowest BCUT2D eigenvalue weighted by atomic mass is 10.2. The Morgan fingerprint density at radius 2 is 1.50 bits per heavy atom. The minimum absolute atomic E-state index is 0.220. The van der Waals surface area contributed by atoms with Gasteiger partial charge in [-0.3, -0.25) is 9.59 Å². The van der Waals surface area contributed by atoms with Crippen molar-refractivity contribution in [3.8, 4) is 0 Å². The van der Waals surface area contributed by atoms with Gasteiger partial charge in [-0.05, 0) is 26.6 Å². The lowest BCUT2D eigenvalue weighted by molar-refractivity contribution is -0.144. The summed E-state index contributed by atoms with van der Waals surface area (Å²) in [7, 11) is -3.59. The molecule has 1 N–H and O–H groups in total. The van der Waals surface area contributed by atoms with Gasteiger partial charge < -0.3 is 9.41 Å². The van der Waals surface area contributed by atoms with Gasteiger partial charge in [0.2, 0.25) is 14.2 Å². The SMILES string of the molecule is CC(C(=O)N[Si](C)(C)C)C(=O)O[Si](C)(C)C. The summed E-state index contributed by atoms with van der Waals surface area (Å²) in [5.74, 6) is -1.34. The van der Waals surface area contributed by atoms with Crippen molar-refractivity contribution < 1.29 is 14.0 Å². The van der Waals surface area contributed by atoms with E-state index in [1.807, 2.05) is 39.3 Å². The van der Waals surface area contributed by atoms with Crippen molar-refractivity contribution in [3.05, 3.63) is 0 Å². The van der Waals surface area contributed by atoms with Gasteiger partial charge in [0, 0.05) is 0 Å². The molecule has 0 spiro atoms. The quantitative estimate of drug-likeness (QED) is 0.621. The molecule has 1 unspecified atom stereocenters. The summed E-state index contributed by atoms with van der Waals surface area (Å²) in [5.41, 5.74) is 0. The smallest absolute Gasteiger partial charge is 0.304 e. The molecule has 1 amide bonds. The fourth-order valence-electron chi connectivity index (χ4n) is 0.975. The van der Waals surface area contributed by atoms with E-state index in [9.17, 15) is 9.59 Å². The van der Waals surface area contributed by atoms with E-state index < -0.39 is 28.4 Å². The van der Waals surface area contributed by atoms with E-state index in [0.717, 1.165) is 0 Å². The summed E-state index contributed by atoms with van der Waals surface area (Å²) in [6, 6.07) is 0. The van der Waals surface area contributed by atoms with Crippen LogP contribution in [0.2, 0.25) is 39.3 Å². The van der Waals surface area contributed by atoms with Crippen LogP contribution >= 0.6 is 0 Å². The van der Waals surface area contributed by atoms with Crippen molar-refractivity contribution in [2.45, 2.75) is 46.2 Å². The van der Waals surface area contributed by atoms with Gasteiger partial charge >= 0.3 is 5.97 Å². The average molecular weight is 261 g/mol. The molecule has 0 bridgehead atoms. The number of carbonyl (C=O) groups is 2. The van der Waals surface area contributed by atoms with Crippen molar-refractivity contribution >= 4 is 28.4 Å². The van der Waals surface area contributed by atoms with E-state index in [1.54, 1.807) is 6.92 Å². The second kappa shape index (κ2) is 5.14. The Kier molecular flexibility index (Phi) is 4.93. The minimum atomic E-state index is -1.91. The first-order valence-electron chi connectivity index (χ1n) is 5.47. The summed E-state index contributed by atoms with van der Waals surface area (Å²) in [5, 5.41) is 0. The van der Waals surface area contributed by atoms with E-state index in [1.165, 1.54) is 0 Å². The maximum atomic E-state index is 11.7. The maximum Gasteiger partial charge on any atom is 0.304 e. The Morgan fingerprint density at radius 1 is 1.06 bits per heavy atom. The summed E-state index contributed by atoms with van der Waals surface area (Å²) >= 11 is 0. The normalized spacial score (nSPS) is 14.2. The molecule has 0 rings (SSSR count). The Morgan fingerprint density at radius 3 is 1.81 bits per heavy atom. The number of carbonyl (C=O) groups excluding carboxylic acids is 2. The van der Waals surface area contributed by atoms with Crippen LogP contribution in [0.3, 0.4) is 0 Å². The third-order valence-corrected chi connectivity index (χ3v) is 3.46. The lowest BCUT2D eigenvalue weighted by Crippen LogP contribution is -2.49. The molecule has 0 aliphatic rings. The first-order chi connectivity index (χ1) is 6.92. The third kappa shape index (κ3) is 6.78. The maximum absolute atomic E-state index is 11.7. The lowest BCUT2D eigenvalue weighted by Gasteiger charge is -2.23. The van der Waals surface area contributed by atoms with Crippen LogP contribution in [0.4, 0.5) is 0 Å². The van der Waals surface area contributed by atoms with E-state index in [2.05, 4.69) is 4.98 Å². The molecule has 0 aromatic rings. The van der Waals surface area contributed by atoms with Crippen LogP contribution in [0.25, 0.3) is 0 Å². The van der Waals surface area contributed by atoms with Crippen molar-refractivity contribution in [3.63, 3.8) is 0 Å². The molecule has 0 aromatic carbocycles. The standard InChI is InChI=1S/C10H23NO3Si2/c1-8(9(12)11-15(2,3)4)10(13)14-16(5,6)7/h8H,1-7H3,(H,11,12). The van der Waals surface area contributed by atoms with Crippen LogP contribution in [0, 0.1) is 5.92 Å². The number of rotatable bonds is 4. The molecular weight excluding hydrogens is 238 g/mol. The Hall–Kier alpha value is -0.626. The molecule has 94 valence electrons. The highest BCUT2D eigenvalue weighted by Gasteiger charge is 2.30. The second-order valence-electron chi connectivity index (χ2n) is 5.99. The molecule has 0 aliphatic carbocycles. The monoisotopic (exact) mass is 261 g/mol. The van der Waals surface area contributed by atoms with Gasteiger partial charge in [-0.25, -0.2) is 0 Å². The van der Waals surface area contributed by atoms with E-state index >= 15 is 0 Å². The molecule has 0 radical (unpaired) electrons. The average Bonchev–Trinajstić information content (AvgIpc) is 1.96. The Bertz CT molecular complexity index is 251. The molecule has 1 atom stereocenters. The first kappa shape index (κ1) is 15.4. The zero-order valence-corrected chi connectivity index (χ0v) is 13.3. The van der Waals surface area contributed by atoms with Gasteiger partial charge in [0.25, 0.3) is 0 Å². The Balaban J connectivity index is 4.40. The first-order valence-corrected chi connectivity index (χ1v) is 12.4. The summed E-state index contributed by atoms with van der Waals surface area (Å²) in [6.45, 7) is 13.4. The fraction of sp³-hybridized carbons (Fsp3) is 0.800. The highest BCUT2D eigenvalue weighted by atomic mass is 28.4. The minimum Gasteiger partial charge on any atom is -0.519 e. The van der Waals surface area contributed by atoms with Crippen LogP contribution < -0.4 is 4.98 Å². The van der Waals surface area contributed by atoms with Crippen LogP contribution in [0.1, 0.15) is 6.92 Å². The van der Waals surface area contributed by atoms with Crippen LogP contribution in [-0.2, 0) is 14.0 Å². The van der Waals surface area contributed by atoms with E-state index in [0.29, 0.717) is 0 Å². The number of hydrogen-bond acceptors (Lipinski definition) is 3. The van der Waals surface area contributed by atoms with Gasteiger partial charge in [0.05, 0.1) is 0 Å². The molecular formula is C10H23NO3Si2. The predicted molar refractivity (Wildman–Crippen MR) is 70.1 cm³/mol. The zero-order chi connectivity index (χ0) is 13.1. The van der Waals surface area contributed by atoms with Crippen molar-refractivity contribution in [2.24, 2.45) is 5.92 Å². The van der Waals surface area contributed by atoms with Crippen LogP contribution in [0.15, 0.2) is 0 Å². The molecule has 0 fully saturated rings. The highest BCUT2D eigenvalue weighted by Crippen LogP contribution is 2.09. The molecule has 16 heavy (non-hydrogen) atoms. The molecule has 0 aliphatic heterocycles. The zero-order valence-electron chi connectivity index (χ0n) is 11.3. The topological polar surface area (TPSA) is 55.4 Å². The summed E-state index contributed by atoms with van der Waals surface area (Å²) in [4.78, 5) is 26.3. The molecule has 0 heterocycles. The molecule has 0 aromatic heterocycles. The third-order valence-electron chi connectivity index (χ3n) is 1.65. The number of nitrogens with one attached hydrogen (secondary N) is 1. The van der Waals surface area contributed by atoms with Gasteiger partial charge in [-0.2, -0.15) is 0 Å². The molecule has 0 saturated carbocycles. The van der Waals surface area contributed by atoms with Gasteiger partial charge in [-0.15, -0.1) is 0 Å². The van der Waals surface area contributed by atoms with Gasteiger partial charge in [0.15, 0.2) is 0 Å². The predicted octanol–water partition coefficient (Wildman–Crippen LogP) is 1.95. The van der Waals surface area contributed by atoms with Crippen molar-refractivity contribution in [1.82, 2.24) is 4.98 Å². The fourth-order valence-corrected chi connectivity index (χ4v) is 2.71. The number of hydrogen-bond donors (Lipinski definition) is 1. The summed E-state index contributed by atoms with van der Waals surface area (Å²) < 4.78 is 5.29. The van der Waals surface area contributed by atoms with Crippen LogP contribution in [0.5, 0.6) is 0 Å². The molecule has 0 saturated heterocycles. The van der Waals surface area contributed by atoms with E-state index in [-0.39, 0.29) is 5.91 Å². The van der Waals surface area contributed by atoms with Crippen molar-refractivity contribution in [2.75, 3.05) is 0 Å². The van der Waals surface area contributed by atoms with Gasteiger partial charge in [0.1, 0.15) is 14.2 Å². The largest absolute Gasteiger partial charge is 0.519 e. The Labute approximate surface area is 100.0 Å². The van der Waals surface area contributed by atoms with Crippen molar-refractivity contribution in [1.29, 1.82) is 0 Å². The molecule has 6 heteroatoms. The molecule has 4 nitrogen and oxygen atoms in total. The second-order valence-corrected chi connectivity index (χ2v) is 15.2. The summed E-state index contributed by atoms with van der Waals surface area (Å²) in [6.07, 6.45) is 0. The number of amides is 1.